The molecule has 1 heterocycles. The second kappa shape index (κ2) is 6.78. The standard InChI is InChI=1S/C15H19BrN2O/c1-3-18(11-14-5-4-8-19-14)15-9-13(16)7-6-12(15)10-17-2/h4-9,17H,3,10-11H2,1-2H3. The van der Waals surface area contributed by atoms with Gasteiger partial charge < -0.3 is 14.6 Å². The topological polar surface area (TPSA) is 28.4 Å². The minimum absolute atomic E-state index is 0.788. The number of nitrogens with zero attached hydrogens (tertiary/aromatic N) is 1. The summed E-state index contributed by atoms with van der Waals surface area (Å²) in [7, 11) is 1.97. The number of nitrogens with one attached hydrogen (secondary N) is 1. The zero-order chi connectivity index (χ0) is 13.7. The van der Waals surface area contributed by atoms with E-state index in [-0.39, 0.29) is 0 Å². The molecule has 102 valence electrons. The van der Waals surface area contributed by atoms with E-state index in [0.717, 1.165) is 29.9 Å². The summed E-state index contributed by atoms with van der Waals surface area (Å²) < 4.78 is 6.55. The first-order valence-corrected chi connectivity index (χ1v) is 7.24. The third-order valence-corrected chi connectivity index (χ3v) is 3.56. The van der Waals surface area contributed by atoms with E-state index in [1.54, 1.807) is 6.26 Å². The maximum atomic E-state index is 5.45. The Morgan fingerprint density at radius 2 is 2.16 bits per heavy atom. The SMILES string of the molecule is CCN(Cc1ccco1)c1cc(Br)ccc1CNC. The average molecular weight is 323 g/mol. The van der Waals surface area contributed by atoms with Gasteiger partial charge in [-0.15, -0.1) is 0 Å². The normalized spacial score (nSPS) is 10.7. The fraction of sp³-hybridized carbons (Fsp3) is 0.333. The Labute approximate surface area is 122 Å². The summed E-state index contributed by atoms with van der Waals surface area (Å²) in [5, 5.41) is 3.22. The Morgan fingerprint density at radius 1 is 1.32 bits per heavy atom. The van der Waals surface area contributed by atoms with E-state index in [1.807, 2.05) is 19.2 Å². The molecule has 19 heavy (non-hydrogen) atoms. The van der Waals surface area contributed by atoms with Crippen LogP contribution >= 0.6 is 15.9 Å². The van der Waals surface area contributed by atoms with E-state index in [2.05, 4.69) is 51.3 Å². The predicted octanol–water partition coefficient (Wildman–Crippen LogP) is 3.79. The first-order chi connectivity index (χ1) is 9.24. The van der Waals surface area contributed by atoms with Crippen LogP contribution in [-0.4, -0.2) is 13.6 Å². The lowest BCUT2D eigenvalue weighted by Gasteiger charge is -2.25. The third-order valence-electron chi connectivity index (χ3n) is 3.06. The fourth-order valence-electron chi connectivity index (χ4n) is 2.13. The van der Waals surface area contributed by atoms with Crippen LogP contribution < -0.4 is 10.2 Å². The smallest absolute Gasteiger partial charge is 0.123 e. The molecule has 0 saturated heterocycles. The van der Waals surface area contributed by atoms with Crippen LogP contribution in [0.5, 0.6) is 0 Å². The molecule has 0 amide bonds. The van der Waals surface area contributed by atoms with E-state index in [0.29, 0.717) is 0 Å². The maximum absolute atomic E-state index is 5.45. The molecule has 0 aliphatic rings. The number of rotatable bonds is 6. The molecule has 0 saturated carbocycles. The van der Waals surface area contributed by atoms with E-state index in [4.69, 9.17) is 4.42 Å². The number of halogens is 1. The summed E-state index contributed by atoms with van der Waals surface area (Å²) in [6, 6.07) is 10.3. The second-order valence-electron chi connectivity index (χ2n) is 4.40. The van der Waals surface area contributed by atoms with Crippen LogP contribution in [0, 0.1) is 0 Å². The summed E-state index contributed by atoms with van der Waals surface area (Å²) >= 11 is 3.55. The van der Waals surface area contributed by atoms with Crippen molar-refractivity contribution in [2.45, 2.75) is 20.0 Å². The molecular formula is C15H19BrN2O. The van der Waals surface area contributed by atoms with Gasteiger partial charge in [-0.25, -0.2) is 0 Å². The zero-order valence-corrected chi connectivity index (χ0v) is 12.9. The van der Waals surface area contributed by atoms with Crippen LogP contribution in [-0.2, 0) is 13.1 Å². The number of furan rings is 1. The molecule has 0 unspecified atom stereocenters. The zero-order valence-electron chi connectivity index (χ0n) is 11.3. The summed E-state index contributed by atoms with van der Waals surface area (Å²) in [5.74, 6) is 0.984. The molecular weight excluding hydrogens is 304 g/mol. The van der Waals surface area contributed by atoms with E-state index < -0.39 is 0 Å². The van der Waals surface area contributed by atoms with Crippen LogP contribution in [0.2, 0.25) is 0 Å². The summed E-state index contributed by atoms with van der Waals surface area (Å²) in [6.45, 7) is 4.74. The Hall–Kier alpha value is -1.26. The molecule has 2 aromatic rings. The van der Waals surface area contributed by atoms with Crippen LogP contribution in [0.1, 0.15) is 18.2 Å². The molecule has 3 nitrogen and oxygen atoms in total. The van der Waals surface area contributed by atoms with Gasteiger partial charge in [-0.3, -0.25) is 0 Å². The van der Waals surface area contributed by atoms with Crippen LogP contribution in [0.25, 0.3) is 0 Å². The van der Waals surface area contributed by atoms with Crippen molar-refractivity contribution < 1.29 is 4.42 Å². The predicted molar refractivity (Wildman–Crippen MR) is 82.3 cm³/mol. The molecule has 0 fully saturated rings. The summed E-state index contributed by atoms with van der Waals surface area (Å²) in [5.41, 5.74) is 2.53. The quantitative estimate of drug-likeness (QED) is 0.877. The van der Waals surface area contributed by atoms with Crippen molar-refractivity contribution in [3.8, 4) is 0 Å². The fourth-order valence-corrected chi connectivity index (χ4v) is 2.48. The highest BCUT2D eigenvalue weighted by Crippen LogP contribution is 2.26. The minimum atomic E-state index is 0.788. The molecule has 0 aliphatic heterocycles. The van der Waals surface area contributed by atoms with Crippen molar-refractivity contribution in [2.24, 2.45) is 0 Å². The highest BCUT2D eigenvalue weighted by atomic mass is 79.9. The first kappa shape index (κ1) is 14.2. The Bertz CT molecular complexity index is 511. The lowest BCUT2D eigenvalue weighted by Crippen LogP contribution is -2.24. The van der Waals surface area contributed by atoms with E-state index in [9.17, 15) is 0 Å². The number of hydrogen-bond acceptors (Lipinski definition) is 3. The summed E-state index contributed by atoms with van der Waals surface area (Å²) in [4.78, 5) is 2.32. The maximum Gasteiger partial charge on any atom is 0.123 e. The number of hydrogen-bond donors (Lipinski definition) is 1. The van der Waals surface area contributed by atoms with Crippen molar-refractivity contribution in [1.82, 2.24) is 5.32 Å². The lowest BCUT2D eigenvalue weighted by molar-refractivity contribution is 0.503. The molecule has 0 bridgehead atoms. The van der Waals surface area contributed by atoms with Crippen LogP contribution in [0.3, 0.4) is 0 Å². The Kier molecular flexibility index (Phi) is 5.05. The lowest BCUT2D eigenvalue weighted by atomic mass is 10.1. The Morgan fingerprint density at radius 3 is 2.79 bits per heavy atom. The van der Waals surface area contributed by atoms with Crippen molar-refractivity contribution >= 4 is 21.6 Å². The number of anilines is 1. The highest BCUT2D eigenvalue weighted by molar-refractivity contribution is 9.10. The van der Waals surface area contributed by atoms with Crippen LogP contribution in [0.15, 0.2) is 45.5 Å². The van der Waals surface area contributed by atoms with Gasteiger partial charge in [0, 0.05) is 23.2 Å². The van der Waals surface area contributed by atoms with Gasteiger partial charge in [0.2, 0.25) is 0 Å². The van der Waals surface area contributed by atoms with Crippen molar-refractivity contribution in [3.63, 3.8) is 0 Å². The largest absolute Gasteiger partial charge is 0.467 e. The molecule has 2 rings (SSSR count). The molecule has 1 N–H and O–H groups in total. The monoisotopic (exact) mass is 322 g/mol. The van der Waals surface area contributed by atoms with E-state index in [1.165, 1.54) is 11.3 Å². The van der Waals surface area contributed by atoms with Crippen molar-refractivity contribution in [2.75, 3.05) is 18.5 Å². The Balaban J connectivity index is 2.28. The van der Waals surface area contributed by atoms with Gasteiger partial charge >= 0.3 is 0 Å². The molecule has 0 spiro atoms. The molecule has 0 aliphatic carbocycles. The first-order valence-electron chi connectivity index (χ1n) is 6.45. The van der Waals surface area contributed by atoms with Gasteiger partial charge in [0.25, 0.3) is 0 Å². The highest BCUT2D eigenvalue weighted by Gasteiger charge is 2.12. The second-order valence-corrected chi connectivity index (χ2v) is 5.31. The molecule has 1 aromatic heterocycles. The third kappa shape index (κ3) is 3.61. The van der Waals surface area contributed by atoms with Gasteiger partial charge in [-0.1, -0.05) is 22.0 Å². The van der Waals surface area contributed by atoms with Crippen molar-refractivity contribution in [3.05, 3.63) is 52.4 Å². The van der Waals surface area contributed by atoms with Gasteiger partial charge in [0.1, 0.15) is 5.76 Å². The molecule has 1 aromatic carbocycles. The molecule has 0 radical (unpaired) electrons. The van der Waals surface area contributed by atoms with E-state index >= 15 is 0 Å². The molecule has 0 atom stereocenters. The molecule has 4 heteroatoms. The summed E-state index contributed by atoms with van der Waals surface area (Å²) in [6.07, 6.45) is 1.72. The van der Waals surface area contributed by atoms with Crippen molar-refractivity contribution in [1.29, 1.82) is 0 Å². The van der Waals surface area contributed by atoms with Gasteiger partial charge in [0.05, 0.1) is 12.8 Å². The van der Waals surface area contributed by atoms with Gasteiger partial charge in [0.15, 0.2) is 0 Å². The van der Waals surface area contributed by atoms with Gasteiger partial charge in [-0.05, 0) is 43.8 Å². The number of benzene rings is 1. The van der Waals surface area contributed by atoms with Gasteiger partial charge in [-0.2, -0.15) is 0 Å². The minimum Gasteiger partial charge on any atom is -0.467 e. The average Bonchev–Trinajstić information content (AvgIpc) is 2.91. The van der Waals surface area contributed by atoms with Crippen LogP contribution in [0.4, 0.5) is 5.69 Å².